The summed E-state index contributed by atoms with van der Waals surface area (Å²) in [5.41, 5.74) is -0.357. The number of carbonyl (C=O) groups is 2. The van der Waals surface area contributed by atoms with Crippen LogP contribution >= 0.6 is 0 Å². The van der Waals surface area contributed by atoms with Gasteiger partial charge >= 0.3 is 6.09 Å². The van der Waals surface area contributed by atoms with Crippen molar-refractivity contribution >= 4 is 12.0 Å². The highest BCUT2D eigenvalue weighted by atomic mass is 19.2. The molecule has 0 aliphatic carbocycles. The van der Waals surface area contributed by atoms with Crippen molar-refractivity contribution in [2.45, 2.75) is 0 Å². The van der Waals surface area contributed by atoms with Crippen LogP contribution in [0.25, 0.3) is 0 Å². The molecule has 0 aromatic carbocycles. The zero-order valence-corrected chi connectivity index (χ0v) is 10.8. The van der Waals surface area contributed by atoms with Crippen molar-refractivity contribution < 1.29 is 23.1 Å². The standard InChI is InChI=1S/C12H13F2N3O3/c1-20-12(19)17-6-4-16(5-7-17)11(18)8-2-3-15-10(14)9(8)13/h2-3H,4-7H2,1H3. The second-order valence-corrected chi connectivity index (χ2v) is 4.21. The van der Waals surface area contributed by atoms with E-state index in [1.807, 2.05) is 0 Å². The average Bonchev–Trinajstić information content (AvgIpc) is 2.48. The Hall–Kier alpha value is -2.25. The number of nitrogens with zero attached hydrogens (tertiary/aromatic N) is 3. The molecule has 1 aromatic heterocycles. The fraction of sp³-hybridized carbons (Fsp3) is 0.417. The van der Waals surface area contributed by atoms with Crippen LogP contribution in [-0.2, 0) is 4.74 Å². The van der Waals surface area contributed by atoms with Gasteiger partial charge in [0, 0.05) is 32.4 Å². The molecule has 0 bridgehead atoms. The SMILES string of the molecule is COC(=O)N1CCN(C(=O)c2ccnc(F)c2F)CC1. The van der Waals surface area contributed by atoms with E-state index in [0.29, 0.717) is 0 Å². The first kappa shape index (κ1) is 14.2. The van der Waals surface area contributed by atoms with Crippen LogP contribution in [0.15, 0.2) is 12.3 Å². The van der Waals surface area contributed by atoms with Gasteiger partial charge in [0.05, 0.1) is 12.7 Å². The molecule has 1 fully saturated rings. The molecule has 2 rings (SSSR count). The maximum absolute atomic E-state index is 13.5. The van der Waals surface area contributed by atoms with E-state index in [0.717, 1.165) is 12.3 Å². The van der Waals surface area contributed by atoms with Crippen LogP contribution in [-0.4, -0.2) is 60.1 Å². The summed E-state index contributed by atoms with van der Waals surface area (Å²) in [6.07, 6.45) is 0.564. The number of carbonyl (C=O) groups excluding carboxylic acids is 2. The highest BCUT2D eigenvalue weighted by molar-refractivity contribution is 5.94. The van der Waals surface area contributed by atoms with Gasteiger partial charge in [-0.2, -0.15) is 4.39 Å². The molecule has 6 nitrogen and oxygen atoms in total. The molecule has 1 saturated heterocycles. The zero-order chi connectivity index (χ0) is 14.7. The topological polar surface area (TPSA) is 62.7 Å². The van der Waals surface area contributed by atoms with E-state index in [1.54, 1.807) is 0 Å². The van der Waals surface area contributed by atoms with Crippen LogP contribution in [0.5, 0.6) is 0 Å². The second kappa shape index (κ2) is 5.81. The normalized spacial score (nSPS) is 15.2. The maximum atomic E-state index is 13.5. The molecule has 0 N–H and O–H groups in total. The third-order valence-electron chi connectivity index (χ3n) is 3.08. The first-order valence-corrected chi connectivity index (χ1v) is 5.96. The van der Waals surface area contributed by atoms with E-state index in [-0.39, 0.29) is 31.7 Å². The first-order chi connectivity index (χ1) is 9.54. The van der Waals surface area contributed by atoms with Crippen molar-refractivity contribution in [2.75, 3.05) is 33.3 Å². The van der Waals surface area contributed by atoms with E-state index in [2.05, 4.69) is 9.72 Å². The van der Waals surface area contributed by atoms with Crippen LogP contribution in [0, 0.1) is 11.8 Å². The quantitative estimate of drug-likeness (QED) is 0.719. The van der Waals surface area contributed by atoms with Crippen molar-refractivity contribution in [1.82, 2.24) is 14.8 Å². The van der Waals surface area contributed by atoms with Gasteiger partial charge in [-0.3, -0.25) is 4.79 Å². The van der Waals surface area contributed by atoms with Crippen molar-refractivity contribution in [3.05, 3.63) is 29.6 Å². The number of piperazine rings is 1. The summed E-state index contributed by atoms with van der Waals surface area (Å²) in [6.45, 7) is 1.04. The Balaban J connectivity index is 2.05. The molecule has 8 heteroatoms. The second-order valence-electron chi connectivity index (χ2n) is 4.21. The van der Waals surface area contributed by atoms with Gasteiger partial charge in [0.15, 0.2) is 5.82 Å². The van der Waals surface area contributed by atoms with Gasteiger partial charge in [0.2, 0.25) is 5.95 Å². The molecule has 0 spiro atoms. The van der Waals surface area contributed by atoms with Crippen molar-refractivity contribution in [2.24, 2.45) is 0 Å². The van der Waals surface area contributed by atoms with Gasteiger partial charge in [0.1, 0.15) is 0 Å². The van der Waals surface area contributed by atoms with Gasteiger partial charge in [-0.05, 0) is 6.07 Å². The summed E-state index contributed by atoms with van der Waals surface area (Å²) >= 11 is 0. The van der Waals surface area contributed by atoms with Crippen LogP contribution in [0.4, 0.5) is 13.6 Å². The summed E-state index contributed by atoms with van der Waals surface area (Å²) < 4.78 is 31.1. The van der Waals surface area contributed by atoms with E-state index >= 15 is 0 Å². The Morgan fingerprint density at radius 2 is 1.80 bits per heavy atom. The lowest BCUT2D eigenvalue weighted by Crippen LogP contribution is -2.50. The van der Waals surface area contributed by atoms with E-state index in [1.165, 1.54) is 16.9 Å². The summed E-state index contributed by atoms with van der Waals surface area (Å²) in [6, 6.07) is 1.13. The monoisotopic (exact) mass is 285 g/mol. The molecular weight excluding hydrogens is 272 g/mol. The third kappa shape index (κ3) is 2.68. The molecule has 1 aliphatic heterocycles. The van der Waals surface area contributed by atoms with Crippen molar-refractivity contribution in [3.8, 4) is 0 Å². The van der Waals surface area contributed by atoms with Crippen molar-refractivity contribution in [3.63, 3.8) is 0 Å². The summed E-state index contributed by atoms with van der Waals surface area (Å²) in [5.74, 6) is -3.18. The Morgan fingerprint density at radius 3 is 2.40 bits per heavy atom. The summed E-state index contributed by atoms with van der Waals surface area (Å²) in [7, 11) is 1.27. The molecule has 20 heavy (non-hydrogen) atoms. The van der Waals surface area contributed by atoms with Gasteiger partial charge in [-0.1, -0.05) is 0 Å². The minimum absolute atomic E-state index is 0.233. The van der Waals surface area contributed by atoms with E-state index in [4.69, 9.17) is 0 Å². The third-order valence-corrected chi connectivity index (χ3v) is 3.08. The Bertz CT molecular complexity index is 531. The highest BCUT2D eigenvalue weighted by Crippen LogP contribution is 2.14. The molecule has 2 heterocycles. The molecule has 108 valence electrons. The van der Waals surface area contributed by atoms with Crippen LogP contribution in [0.3, 0.4) is 0 Å². The lowest BCUT2D eigenvalue weighted by atomic mass is 10.2. The fourth-order valence-corrected chi connectivity index (χ4v) is 1.97. The van der Waals surface area contributed by atoms with E-state index < -0.39 is 23.8 Å². The smallest absolute Gasteiger partial charge is 0.409 e. The fourth-order valence-electron chi connectivity index (χ4n) is 1.97. The average molecular weight is 285 g/mol. The summed E-state index contributed by atoms with van der Waals surface area (Å²) in [5, 5.41) is 0. The van der Waals surface area contributed by atoms with Crippen LogP contribution in [0.2, 0.25) is 0 Å². The van der Waals surface area contributed by atoms with Crippen LogP contribution in [0.1, 0.15) is 10.4 Å². The van der Waals surface area contributed by atoms with Crippen molar-refractivity contribution in [1.29, 1.82) is 0 Å². The first-order valence-electron chi connectivity index (χ1n) is 5.96. The molecule has 2 amide bonds. The van der Waals surface area contributed by atoms with Gasteiger partial charge in [-0.15, -0.1) is 0 Å². The molecule has 0 unspecified atom stereocenters. The Morgan fingerprint density at radius 1 is 1.20 bits per heavy atom. The number of methoxy groups -OCH3 is 1. The minimum atomic E-state index is -1.30. The minimum Gasteiger partial charge on any atom is -0.453 e. The summed E-state index contributed by atoms with van der Waals surface area (Å²) in [4.78, 5) is 29.3. The van der Waals surface area contributed by atoms with Gasteiger partial charge in [0.25, 0.3) is 5.91 Å². The molecular formula is C12H13F2N3O3. The molecule has 1 aliphatic rings. The maximum Gasteiger partial charge on any atom is 0.409 e. The molecule has 1 aromatic rings. The number of hydrogen-bond donors (Lipinski definition) is 0. The zero-order valence-electron chi connectivity index (χ0n) is 10.8. The van der Waals surface area contributed by atoms with E-state index in [9.17, 15) is 18.4 Å². The lowest BCUT2D eigenvalue weighted by molar-refractivity contribution is 0.0594. The lowest BCUT2D eigenvalue weighted by Gasteiger charge is -2.33. The number of rotatable bonds is 1. The van der Waals surface area contributed by atoms with Crippen LogP contribution < -0.4 is 0 Å². The number of pyridine rings is 1. The Labute approximate surface area is 113 Å². The number of aromatic nitrogens is 1. The largest absolute Gasteiger partial charge is 0.453 e. The predicted molar refractivity (Wildman–Crippen MR) is 64.0 cm³/mol. The Kier molecular flexibility index (Phi) is 4.11. The molecule has 0 atom stereocenters. The number of amides is 2. The highest BCUT2D eigenvalue weighted by Gasteiger charge is 2.27. The van der Waals surface area contributed by atoms with Gasteiger partial charge < -0.3 is 14.5 Å². The number of hydrogen-bond acceptors (Lipinski definition) is 4. The molecule has 0 saturated carbocycles. The number of ether oxygens (including phenoxy) is 1. The van der Waals surface area contributed by atoms with Gasteiger partial charge in [-0.25, -0.2) is 14.2 Å². The number of halogens is 2. The predicted octanol–water partition coefficient (Wildman–Crippen LogP) is 0.884. The molecule has 0 radical (unpaired) electrons.